The van der Waals surface area contributed by atoms with Gasteiger partial charge in [-0.15, -0.1) is 0 Å². The van der Waals surface area contributed by atoms with Gasteiger partial charge in [0, 0.05) is 56.9 Å². The molecule has 1 saturated heterocycles. The summed E-state index contributed by atoms with van der Waals surface area (Å²) in [5.74, 6) is -0.210. The number of carbonyl (C=O) groups is 3. The molecule has 11 heteroatoms. The fraction of sp³-hybridized carbons (Fsp3) is 0.500. The van der Waals surface area contributed by atoms with Gasteiger partial charge in [-0.1, -0.05) is 25.1 Å². The summed E-state index contributed by atoms with van der Waals surface area (Å²) in [5.41, 5.74) is 1.48. The average Bonchev–Trinajstić information content (AvgIpc) is 2.98. The monoisotopic (exact) mass is 567 g/mol. The second-order valence-corrected chi connectivity index (χ2v) is 10.8. The minimum Gasteiger partial charge on any atom is -0.487 e. The van der Waals surface area contributed by atoms with E-state index in [0.717, 1.165) is 13.1 Å². The number of aliphatic hydroxyl groups is 1. The Kier molecular flexibility index (Phi) is 10.6. The van der Waals surface area contributed by atoms with E-state index in [1.165, 1.54) is 0 Å². The number of hydrogen-bond acceptors (Lipinski definition) is 7. The van der Waals surface area contributed by atoms with E-state index in [4.69, 9.17) is 9.47 Å². The first-order valence-corrected chi connectivity index (χ1v) is 14.1. The van der Waals surface area contributed by atoms with E-state index in [2.05, 4.69) is 15.5 Å². The van der Waals surface area contributed by atoms with E-state index in [1.807, 2.05) is 37.3 Å². The van der Waals surface area contributed by atoms with E-state index in [0.29, 0.717) is 55.4 Å². The molecular formula is C30H41N5O6. The minimum atomic E-state index is -0.435. The molecule has 3 N–H and O–H groups in total. The van der Waals surface area contributed by atoms with Gasteiger partial charge in [0.15, 0.2) is 0 Å². The van der Waals surface area contributed by atoms with Crippen LogP contribution in [-0.2, 0) is 9.53 Å². The van der Waals surface area contributed by atoms with E-state index in [1.54, 1.807) is 42.0 Å². The van der Waals surface area contributed by atoms with Crippen molar-refractivity contribution in [2.75, 3.05) is 70.2 Å². The first kappa shape index (κ1) is 30.3. The number of rotatable bonds is 9. The molecule has 2 aliphatic heterocycles. The van der Waals surface area contributed by atoms with Gasteiger partial charge in [-0.25, -0.2) is 4.79 Å². The first-order valence-electron chi connectivity index (χ1n) is 14.1. The van der Waals surface area contributed by atoms with Crippen LogP contribution in [0.25, 0.3) is 0 Å². The number of benzene rings is 2. The Bertz CT molecular complexity index is 1190. The van der Waals surface area contributed by atoms with E-state index < -0.39 is 12.1 Å². The number of carbonyl (C=O) groups excluding carboxylic acids is 3. The Hall–Kier alpha value is -3.67. The van der Waals surface area contributed by atoms with Gasteiger partial charge >= 0.3 is 6.03 Å². The zero-order chi connectivity index (χ0) is 29.4. The third-order valence-electron chi connectivity index (χ3n) is 7.53. The Balaban J connectivity index is 1.49. The molecule has 0 saturated carbocycles. The van der Waals surface area contributed by atoms with Crippen molar-refractivity contribution in [3.63, 3.8) is 0 Å². The molecule has 11 nitrogen and oxygen atoms in total. The van der Waals surface area contributed by atoms with Crippen molar-refractivity contribution in [3.05, 3.63) is 54.1 Å². The molecule has 2 aromatic rings. The molecule has 0 bridgehead atoms. The molecular weight excluding hydrogens is 526 g/mol. The minimum absolute atomic E-state index is 0.145. The van der Waals surface area contributed by atoms with E-state index >= 15 is 0 Å². The van der Waals surface area contributed by atoms with E-state index in [-0.39, 0.29) is 36.9 Å². The van der Waals surface area contributed by atoms with Crippen LogP contribution >= 0.6 is 0 Å². The predicted octanol–water partition coefficient (Wildman–Crippen LogP) is 2.73. The van der Waals surface area contributed by atoms with Crippen LogP contribution in [0.1, 0.15) is 30.6 Å². The molecule has 1 fully saturated rings. The van der Waals surface area contributed by atoms with Crippen LogP contribution in [0.2, 0.25) is 0 Å². The van der Waals surface area contributed by atoms with Crippen LogP contribution in [0, 0.1) is 5.92 Å². The molecule has 2 aliphatic rings. The van der Waals surface area contributed by atoms with Crippen molar-refractivity contribution in [1.82, 2.24) is 14.7 Å². The molecule has 2 aromatic carbocycles. The number of nitrogens with one attached hydrogen (secondary N) is 2. The first-order chi connectivity index (χ1) is 19.7. The Morgan fingerprint density at radius 3 is 2.54 bits per heavy atom. The van der Waals surface area contributed by atoms with Crippen molar-refractivity contribution in [2.45, 2.75) is 32.4 Å². The number of para-hydroxylation sites is 1. The maximum absolute atomic E-state index is 13.7. The highest BCUT2D eigenvalue weighted by molar-refractivity contribution is 6.00. The number of ether oxygens (including phenoxy) is 2. The van der Waals surface area contributed by atoms with Crippen molar-refractivity contribution in [1.29, 1.82) is 0 Å². The molecule has 0 aliphatic carbocycles. The fourth-order valence-electron chi connectivity index (χ4n) is 4.92. The van der Waals surface area contributed by atoms with Gasteiger partial charge in [0.2, 0.25) is 5.91 Å². The summed E-state index contributed by atoms with van der Waals surface area (Å²) in [6, 6.07) is 13.5. The predicted molar refractivity (Wildman–Crippen MR) is 156 cm³/mol. The Morgan fingerprint density at radius 1 is 1.10 bits per heavy atom. The van der Waals surface area contributed by atoms with Crippen molar-refractivity contribution < 1.29 is 29.0 Å². The molecule has 0 radical (unpaired) electrons. The maximum Gasteiger partial charge on any atom is 0.321 e. The van der Waals surface area contributed by atoms with Crippen LogP contribution < -0.4 is 15.4 Å². The van der Waals surface area contributed by atoms with Gasteiger partial charge in [-0.3, -0.25) is 14.5 Å². The lowest BCUT2D eigenvalue weighted by atomic mass is 9.99. The van der Waals surface area contributed by atoms with Crippen molar-refractivity contribution in [2.24, 2.45) is 5.92 Å². The number of anilines is 2. The largest absolute Gasteiger partial charge is 0.487 e. The van der Waals surface area contributed by atoms with Gasteiger partial charge in [-0.2, -0.15) is 0 Å². The zero-order valence-corrected chi connectivity index (χ0v) is 24.0. The van der Waals surface area contributed by atoms with Crippen LogP contribution in [-0.4, -0.2) is 109 Å². The fourth-order valence-corrected chi connectivity index (χ4v) is 4.92. The summed E-state index contributed by atoms with van der Waals surface area (Å²) in [6.45, 7) is 7.74. The number of morpholine rings is 1. The SMILES string of the molecule is C[C@H]1CN([C@@H](C)CO)C(=O)c2cc(NC(=O)CCN3CCOCC3)ccc2O[C@@H]1CN(C)C(=O)Nc1ccccc1. The van der Waals surface area contributed by atoms with Crippen LogP contribution in [0.15, 0.2) is 48.5 Å². The average molecular weight is 568 g/mol. The molecule has 3 atom stereocenters. The Labute approximate surface area is 241 Å². The number of amides is 4. The summed E-state index contributed by atoms with van der Waals surface area (Å²) in [7, 11) is 1.70. The summed E-state index contributed by atoms with van der Waals surface area (Å²) in [6.07, 6.45) is -0.109. The molecule has 41 heavy (non-hydrogen) atoms. The highest BCUT2D eigenvalue weighted by atomic mass is 16.5. The number of fused-ring (bicyclic) bond motifs is 1. The number of aliphatic hydroxyl groups excluding tert-OH is 1. The molecule has 0 aromatic heterocycles. The standard InChI is InChI=1S/C30H41N5O6/c1-21-18-35(22(2)20-36)29(38)25-17-24(31-28(37)11-12-34-13-15-40-16-14-34)9-10-26(25)41-27(21)19-33(3)30(39)32-23-7-5-4-6-8-23/h4-10,17,21-22,27,36H,11-16,18-20H2,1-3H3,(H,31,37)(H,32,39)/t21-,22-,27+/m0/s1. The lowest BCUT2D eigenvalue weighted by molar-refractivity contribution is -0.116. The van der Waals surface area contributed by atoms with Crippen molar-refractivity contribution in [3.8, 4) is 5.75 Å². The molecule has 222 valence electrons. The third kappa shape index (κ3) is 8.18. The summed E-state index contributed by atoms with van der Waals surface area (Å²) in [5, 5.41) is 15.7. The van der Waals surface area contributed by atoms with Crippen LogP contribution in [0.3, 0.4) is 0 Å². The number of nitrogens with zero attached hydrogens (tertiary/aromatic N) is 3. The molecule has 0 unspecified atom stereocenters. The van der Waals surface area contributed by atoms with Gasteiger partial charge in [-0.05, 0) is 37.3 Å². The maximum atomic E-state index is 13.7. The third-order valence-corrected chi connectivity index (χ3v) is 7.53. The lowest BCUT2D eigenvalue weighted by Gasteiger charge is -2.38. The summed E-state index contributed by atoms with van der Waals surface area (Å²) in [4.78, 5) is 44.6. The highest BCUT2D eigenvalue weighted by Gasteiger charge is 2.34. The van der Waals surface area contributed by atoms with Gasteiger partial charge < -0.3 is 35.0 Å². The summed E-state index contributed by atoms with van der Waals surface area (Å²) < 4.78 is 11.7. The lowest BCUT2D eigenvalue weighted by Crippen LogP contribution is -2.50. The van der Waals surface area contributed by atoms with Gasteiger partial charge in [0.25, 0.3) is 5.91 Å². The number of likely N-dealkylation sites (N-methyl/N-ethyl adjacent to an activating group) is 1. The summed E-state index contributed by atoms with van der Waals surface area (Å²) >= 11 is 0. The van der Waals surface area contributed by atoms with Crippen molar-refractivity contribution >= 4 is 29.2 Å². The zero-order valence-electron chi connectivity index (χ0n) is 24.0. The Morgan fingerprint density at radius 2 is 1.83 bits per heavy atom. The van der Waals surface area contributed by atoms with Gasteiger partial charge in [0.1, 0.15) is 11.9 Å². The quantitative estimate of drug-likeness (QED) is 0.426. The second kappa shape index (κ2) is 14.3. The molecule has 4 amide bonds. The number of hydrogen-bond donors (Lipinski definition) is 3. The van der Waals surface area contributed by atoms with E-state index in [9.17, 15) is 19.5 Å². The molecule has 0 spiro atoms. The van der Waals surface area contributed by atoms with Crippen LogP contribution in [0.5, 0.6) is 5.75 Å². The second-order valence-electron chi connectivity index (χ2n) is 10.8. The topological polar surface area (TPSA) is 124 Å². The normalized spacial score (nSPS) is 20.2. The van der Waals surface area contributed by atoms with Gasteiger partial charge in [0.05, 0.1) is 38.0 Å². The molecule has 2 heterocycles. The highest BCUT2D eigenvalue weighted by Crippen LogP contribution is 2.31. The number of urea groups is 1. The van der Waals surface area contributed by atoms with Crippen LogP contribution in [0.4, 0.5) is 16.2 Å². The molecule has 4 rings (SSSR count). The smallest absolute Gasteiger partial charge is 0.321 e.